The molecule has 19 heavy (non-hydrogen) atoms. The molecule has 0 aromatic carbocycles. The molecule has 0 aliphatic heterocycles. The summed E-state index contributed by atoms with van der Waals surface area (Å²) >= 11 is 4.54. The Hall–Kier alpha value is -0.230. The molecule has 0 bridgehead atoms. The van der Waals surface area contributed by atoms with E-state index in [1.807, 2.05) is 6.92 Å². The molecular weight excluding hydrogens is 262 g/mol. The lowest BCUT2D eigenvalue weighted by atomic mass is 10.2. The van der Waals surface area contributed by atoms with Crippen LogP contribution in [0.1, 0.15) is 20.8 Å². The van der Waals surface area contributed by atoms with Gasteiger partial charge in [0.2, 0.25) is 0 Å². The molecule has 114 valence electrons. The molecule has 0 saturated heterocycles. The molecule has 0 radical (unpaired) electrons. The highest BCUT2D eigenvalue weighted by molar-refractivity contribution is 7.81. The van der Waals surface area contributed by atoms with Gasteiger partial charge in [-0.25, -0.2) is 0 Å². The van der Waals surface area contributed by atoms with Crippen molar-refractivity contribution < 1.29 is 14.2 Å². The summed E-state index contributed by atoms with van der Waals surface area (Å²) < 4.78 is 15.7. The largest absolute Gasteiger partial charge is 0.382 e. The Morgan fingerprint density at radius 2 is 1.63 bits per heavy atom. The zero-order valence-corrected chi connectivity index (χ0v) is 13.7. The first kappa shape index (κ1) is 18.8. The van der Waals surface area contributed by atoms with Gasteiger partial charge >= 0.3 is 0 Å². The average Bonchev–Trinajstić information content (AvgIpc) is 2.29. The molecule has 0 aliphatic carbocycles. The summed E-state index contributed by atoms with van der Waals surface area (Å²) in [5.41, 5.74) is 1.04. The average molecular weight is 291 g/mol. The van der Waals surface area contributed by atoms with E-state index in [1.165, 1.54) is 0 Å². The van der Waals surface area contributed by atoms with Gasteiger partial charge in [-0.3, -0.25) is 0 Å². The number of allylic oxidation sites excluding steroid dienone is 1. The predicted octanol–water partition coefficient (Wildman–Crippen LogP) is 2.21. The summed E-state index contributed by atoms with van der Waals surface area (Å²) in [6.45, 7) is 15.0. The second-order valence-corrected chi connectivity index (χ2v) is 6.40. The fourth-order valence-electron chi connectivity index (χ4n) is 1.51. The summed E-state index contributed by atoms with van der Waals surface area (Å²) in [7, 11) is 1.66. The molecule has 0 N–H and O–H groups in total. The highest BCUT2D eigenvalue weighted by Gasteiger charge is 2.16. The van der Waals surface area contributed by atoms with Crippen molar-refractivity contribution >= 4 is 12.6 Å². The summed E-state index contributed by atoms with van der Waals surface area (Å²) in [5, 5.41) is 0. The van der Waals surface area contributed by atoms with Gasteiger partial charge in [0.05, 0.1) is 33.0 Å². The standard InChI is InChI=1S/C14H29NO3S/c1-13(2)15(12-14(3,4)19)6-7-17-10-11-18-9-8-16-5/h19H,1,6-12H2,2-5H3. The molecule has 0 saturated carbocycles. The molecule has 0 amide bonds. The van der Waals surface area contributed by atoms with Gasteiger partial charge in [0.1, 0.15) is 0 Å². The topological polar surface area (TPSA) is 30.9 Å². The van der Waals surface area contributed by atoms with Gasteiger partial charge < -0.3 is 19.1 Å². The van der Waals surface area contributed by atoms with E-state index < -0.39 is 0 Å². The molecule has 4 nitrogen and oxygen atoms in total. The Labute approximate surface area is 123 Å². The van der Waals surface area contributed by atoms with Crippen LogP contribution >= 0.6 is 12.6 Å². The van der Waals surface area contributed by atoms with E-state index >= 15 is 0 Å². The Morgan fingerprint density at radius 3 is 2.11 bits per heavy atom. The molecule has 0 aromatic heterocycles. The van der Waals surface area contributed by atoms with E-state index in [1.54, 1.807) is 7.11 Å². The van der Waals surface area contributed by atoms with E-state index in [2.05, 4.69) is 38.0 Å². The monoisotopic (exact) mass is 291 g/mol. The summed E-state index contributed by atoms with van der Waals surface area (Å²) in [6.07, 6.45) is 0. The minimum atomic E-state index is -0.0395. The van der Waals surface area contributed by atoms with Gasteiger partial charge in [-0.2, -0.15) is 12.6 Å². The zero-order valence-electron chi connectivity index (χ0n) is 12.8. The van der Waals surface area contributed by atoms with Gasteiger partial charge in [-0.05, 0) is 20.8 Å². The maximum atomic E-state index is 5.54. The number of ether oxygens (including phenoxy) is 3. The third-order valence-electron chi connectivity index (χ3n) is 2.43. The molecule has 5 heteroatoms. The Morgan fingerprint density at radius 1 is 1.11 bits per heavy atom. The Kier molecular flexibility index (Phi) is 10.4. The third kappa shape index (κ3) is 12.5. The lowest BCUT2D eigenvalue weighted by Gasteiger charge is -2.31. The maximum absolute atomic E-state index is 5.54. The first-order valence-electron chi connectivity index (χ1n) is 6.64. The second-order valence-electron chi connectivity index (χ2n) is 5.19. The molecule has 0 spiro atoms. The van der Waals surface area contributed by atoms with Crippen LogP contribution in [0, 0.1) is 0 Å². The lowest BCUT2D eigenvalue weighted by molar-refractivity contribution is 0.0210. The normalized spacial score (nSPS) is 11.6. The lowest BCUT2D eigenvalue weighted by Crippen LogP contribution is -2.36. The molecular formula is C14H29NO3S. The van der Waals surface area contributed by atoms with Crippen LogP contribution in [-0.4, -0.2) is 62.9 Å². The molecule has 0 aliphatic rings. The smallest absolute Gasteiger partial charge is 0.0701 e. The number of rotatable bonds is 12. The van der Waals surface area contributed by atoms with E-state index in [-0.39, 0.29) is 4.75 Å². The van der Waals surface area contributed by atoms with Crippen LogP contribution in [0.15, 0.2) is 12.3 Å². The van der Waals surface area contributed by atoms with Crippen LogP contribution in [0.3, 0.4) is 0 Å². The predicted molar refractivity (Wildman–Crippen MR) is 83.0 cm³/mol. The van der Waals surface area contributed by atoms with Crippen LogP contribution in [0.2, 0.25) is 0 Å². The highest BCUT2D eigenvalue weighted by atomic mass is 32.1. The van der Waals surface area contributed by atoms with E-state index in [0.717, 1.165) is 18.8 Å². The van der Waals surface area contributed by atoms with Crippen molar-refractivity contribution in [3.8, 4) is 0 Å². The summed E-state index contributed by atoms with van der Waals surface area (Å²) in [4.78, 5) is 2.19. The van der Waals surface area contributed by atoms with Gasteiger partial charge in [0.15, 0.2) is 0 Å². The minimum absolute atomic E-state index is 0.0395. The van der Waals surface area contributed by atoms with E-state index in [0.29, 0.717) is 33.0 Å². The van der Waals surface area contributed by atoms with Crippen LogP contribution in [-0.2, 0) is 14.2 Å². The molecule has 0 heterocycles. The SMILES string of the molecule is C=C(C)N(CCOCCOCCOC)CC(C)(C)S. The van der Waals surface area contributed by atoms with E-state index in [4.69, 9.17) is 14.2 Å². The van der Waals surface area contributed by atoms with Crippen molar-refractivity contribution in [2.45, 2.75) is 25.5 Å². The van der Waals surface area contributed by atoms with Crippen LogP contribution in [0.4, 0.5) is 0 Å². The Balaban J connectivity index is 3.63. The number of methoxy groups -OCH3 is 1. The van der Waals surface area contributed by atoms with Gasteiger partial charge in [-0.1, -0.05) is 6.58 Å². The minimum Gasteiger partial charge on any atom is -0.382 e. The van der Waals surface area contributed by atoms with Crippen molar-refractivity contribution in [3.05, 3.63) is 12.3 Å². The second kappa shape index (κ2) is 10.5. The number of thiol groups is 1. The summed E-state index contributed by atoms with van der Waals surface area (Å²) in [5.74, 6) is 0. The first-order chi connectivity index (χ1) is 8.87. The molecule has 0 rings (SSSR count). The molecule has 0 atom stereocenters. The van der Waals surface area contributed by atoms with Crippen LogP contribution < -0.4 is 0 Å². The van der Waals surface area contributed by atoms with Gasteiger partial charge in [0.25, 0.3) is 0 Å². The fraction of sp³-hybridized carbons (Fsp3) is 0.857. The number of hydrogen-bond acceptors (Lipinski definition) is 5. The maximum Gasteiger partial charge on any atom is 0.0701 e. The zero-order chi connectivity index (χ0) is 14.7. The summed E-state index contributed by atoms with van der Waals surface area (Å²) in [6, 6.07) is 0. The van der Waals surface area contributed by atoms with Crippen molar-refractivity contribution in [1.82, 2.24) is 4.90 Å². The van der Waals surface area contributed by atoms with Gasteiger partial charge in [-0.15, -0.1) is 0 Å². The van der Waals surface area contributed by atoms with Crippen LogP contribution in [0.25, 0.3) is 0 Å². The van der Waals surface area contributed by atoms with Crippen molar-refractivity contribution in [1.29, 1.82) is 0 Å². The quantitative estimate of drug-likeness (QED) is 0.441. The number of nitrogens with zero attached hydrogens (tertiary/aromatic N) is 1. The fourth-order valence-corrected chi connectivity index (χ4v) is 1.68. The van der Waals surface area contributed by atoms with Crippen molar-refractivity contribution in [2.75, 3.05) is 53.2 Å². The van der Waals surface area contributed by atoms with Crippen LogP contribution in [0.5, 0.6) is 0 Å². The van der Waals surface area contributed by atoms with Gasteiger partial charge in [0, 0.05) is 30.6 Å². The highest BCUT2D eigenvalue weighted by Crippen LogP contribution is 2.16. The number of hydrogen-bond donors (Lipinski definition) is 1. The molecule has 0 fully saturated rings. The van der Waals surface area contributed by atoms with E-state index in [9.17, 15) is 0 Å². The Bertz CT molecular complexity index is 241. The van der Waals surface area contributed by atoms with Crippen molar-refractivity contribution in [3.63, 3.8) is 0 Å². The first-order valence-corrected chi connectivity index (χ1v) is 7.09. The molecule has 0 unspecified atom stereocenters. The third-order valence-corrected chi connectivity index (χ3v) is 2.57. The van der Waals surface area contributed by atoms with Crippen molar-refractivity contribution in [2.24, 2.45) is 0 Å². The molecule has 0 aromatic rings.